The molecule has 1 aliphatic carbocycles. The van der Waals surface area contributed by atoms with Crippen molar-refractivity contribution in [1.29, 1.82) is 0 Å². The number of hydrogen-bond donors (Lipinski definition) is 0. The fourth-order valence-corrected chi connectivity index (χ4v) is 5.43. The van der Waals surface area contributed by atoms with Crippen LogP contribution in [0.3, 0.4) is 0 Å². The third kappa shape index (κ3) is 4.82. The first-order valence-corrected chi connectivity index (χ1v) is 12.8. The Balaban J connectivity index is 1.30. The van der Waals surface area contributed by atoms with Crippen molar-refractivity contribution in [3.63, 3.8) is 0 Å². The van der Waals surface area contributed by atoms with Crippen molar-refractivity contribution in [2.24, 2.45) is 11.0 Å². The number of allylic oxidation sites excluding steroid dienone is 1. The van der Waals surface area contributed by atoms with Gasteiger partial charge in [0, 0.05) is 5.92 Å². The zero-order valence-electron chi connectivity index (χ0n) is 20.7. The second-order valence-corrected chi connectivity index (χ2v) is 9.74. The molecule has 0 N–H and O–H groups in total. The smallest absolute Gasteiger partial charge is 0.281 e. The number of halogens is 2. The zero-order valence-corrected chi connectivity index (χ0v) is 20.7. The average Bonchev–Trinajstić information content (AvgIpc) is 3.34. The van der Waals surface area contributed by atoms with Crippen molar-refractivity contribution in [3.05, 3.63) is 119 Å². The molecule has 0 aromatic heterocycles. The number of nitrogens with zero attached hydrogens (tertiary/aromatic N) is 2. The van der Waals surface area contributed by atoms with Gasteiger partial charge in [-0.05, 0) is 89.2 Å². The molecule has 0 bridgehead atoms. The molecule has 2 aliphatic rings. The molecule has 4 nitrogen and oxygen atoms in total. The minimum absolute atomic E-state index is 0.0227. The van der Waals surface area contributed by atoms with Crippen LogP contribution >= 0.6 is 0 Å². The molecule has 0 radical (unpaired) electrons. The molecule has 6 rings (SSSR count). The predicted molar refractivity (Wildman–Crippen MR) is 145 cm³/mol. The molecule has 1 amide bonds. The van der Waals surface area contributed by atoms with E-state index in [1.165, 1.54) is 29.3 Å². The van der Waals surface area contributed by atoms with Gasteiger partial charge in [0.05, 0.1) is 11.8 Å². The lowest BCUT2D eigenvalue weighted by Crippen LogP contribution is -2.34. The van der Waals surface area contributed by atoms with E-state index in [1.54, 1.807) is 24.3 Å². The lowest BCUT2D eigenvalue weighted by molar-refractivity contribution is -0.135. The van der Waals surface area contributed by atoms with E-state index in [0.29, 0.717) is 5.75 Å². The molecular formula is C32H26F2N2O2. The Hall–Kier alpha value is -4.32. The molecule has 38 heavy (non-hydrogen) atoms. The minimum Gasteiger partial charge on any atom is -0.484 e. The summed E-state index contributed by atoms with van der Waals surface area (Å²) in [5.74, 6) is -0.296. The maximum Gasteiger partial charge on any atom is 0.281 e. The third-order valence-electron chi connectivity index (χ3n) is 7.26. The molecule has 6 heteroatoms. The maximum atomic E-state index is 13.7. The standard InChI is InChI=1S/C32H26F2N2O2/c33-26-13-8-21(9-14-26)18-25-6-3-7-29-31(25)35-36(32(29)23-10-15-27(34)16-11-23)30(37)20-38-28-17-12-22-4-1-2-5-24(22)19-28/h1-2,4-5,8-19,29,32H,3,6-7,20H2/b25-18-/t29-,32-/m0/s1. The van der Waals surface area contributed by atoms with Gasteiger partial charge in [-0.25, -0.2) is 13.8 Å². The van der Waals surface area contributed by atoms with Crippen molar-refractivity contribution in [3.8, 4) is 5.75 Å². The molecule has 0 unspecified atom stereocenters. The first-order chi connectivity index (χ1) is 18.5. The van der Waals surface area contributed by atoms with Gasteiger partial charge in [0.25, 0.3) is 5.91 Å². The summed E-state index contributed by atoms with van der Waals surface area (Å²) in [6, 6.07) is 26.0. The topological polar surface area (TPSA) is 41.9 Å². The van der Waals surface area contributed by atoms with E-state index in [2.05, 4.69) is 0 Å². The Kier molecular flexibility index (Phi) is 6.46. The lowest BCUT2D eigenvalue weighted by atomic mass is 9.77. The quantitative estimate of drug-likeness (QED) is 0.283. The van der Waals surface area contributed by atoms with Crippen LogP contribution in [-0.2, 0) is 4.79 Å². The van der Waals surface area contributed by atoms with Crippen LogP contribution < -0.4 is 4.74 Å². The number of carbonyl (C=O) groups is 1. The first kappa shape index (κ1) is 24.0. The van der Waals surface area contributed by atoms with Gasteiger partial charge in [0.2, 0.25) is 0 Å². The number of carbonyl (C=O) groups excluding carboxylic acids is 1. The summed E-state index contributed by atoms with van der Waals surface area (Å²) in [5.41, 5.74) is 3.60. The number of hydrazone groups is 1. The third-order valence-corrected chi connectivity index (χ3v) is 7.26. The number of benzene rings is 4. The molecule has 0 spiro atoms. The van der Waals surface area contributed by atoms with Crippen LogP contribution in [-0.4, -0.2) is 23.2 Å². The van der Waals surface area contributed by atoms with Crippen LogP contribution in [0.5, 0.6) is 5.75 Å². The summed E-state index contributed by atoms with van der Waals surface area (Å²) in [5, 5.41) is 8.47. The summed E-state index contributed by atoms with van der Waals surface area (Å²) in [6.45, 7) is -0.170. The zero-order chi connectivity index (χ0) is 26.1. The van der Waals surface area contributed by atoms with Crippen LogP contribution in [0.15, 0.2) is 102 Å². The van der Waals surface area contributed by atoms with Crippen molar-refractivity contribution >= 4 is 28.5 Å². The van der Waals surface area contributed by atoms with Gasteiger partial charge in [0.15, 0.2) is 6.61 Å². The molecule has 1 fully saturated rings. The number of ether oxygens (including phenoxy) is 1. The average molecular weight is 509 g/mol. The number of fused-ring (bicyclic) bond motifs is 2. The summed E-state index contributed by atoms with van der Waals surface area (Å²) < 4.78 is 33.1. The Morgan fingerprint density at radius 1 is 0.921 bits per heavy atom. The Labute approximate surface area is 219 Å². The van der Waals surface area contributed by atoms with Gasteiger partial charge < -0.3 is 4.74 Å². The predicted octanol–water partition coefficient (Wildman–Crippen LogP) is 7.32. The molecule has 1 heterocycles. The second-order valence-electron chi connectivity index (χ2n) is 9.74. The largest absolute Gasteiger partial charge is 0.484 e. The fraction of sp³-hybridized carbons (Fsp3) is 0.188. The van der Waals surface area contributed by atoms with Crippen LogP contribution in [0.2, 0.25) is 0 Å². The Bertz CT molecular complexity index is 1540. The van der Waals surface area contributed by atoms with E-state index >= 15 is 0 Å². The number of rotatable bonds is 5. The van der Waals surface area contributed by atoms with Gasteiger partial charge in [0.1, 0.15) is 17.4 Å². The van der Waals surface area contributed by atoms with Gasteiger partial charge in [-0.3, -0.25) is 4.79 Å². The van der Waals surface area contributed by atoms with Crippen LogP contribution in [0.4, 0.5) is 8.78 Å². The van der Waals surface area contributed by atoms with E-state index in [0.717, 1.165) is 52.4 Å². The van der Waals surface area contributed by atoms with Crippen molar-refractivity contribution < 1.29 is 18.3 Å². The van der Waals surface area contributed by atoms with E-state index in [4.69, 9.17) is 9.84 Å². The van der Waals surface area contributed by atoms with Crippen molar-refractivity contribution in [2.45, 2.75) is 25.3 Å². The van der Waals surface area contributed by atoms with Crippen LogP contribution in [0, 0.1) is 17.6 Å². The maximum absolute atomic E-state index is 13.7. The van der Waals surface area contributed by atoms with E-state index in [1.807, 2.05) is 48.5 Å². The molecule has 4 aromatic carbocycles. The van der Waals surface area contributed by atoms with Crippen molar-refractivity contribution in [2.75, 3.05) is 6.61 Å². The van der Waals surface area contributed by atoms with E-state index in [-0.39, 0.29) is 36.1 Å². The molecule has 1 aliphatic heterocycles. The molecule has 0 saturated heterocycles. The Morgan fingerprint density at radius 3 is 2.39 bits per heavy atom. The lowest BCUT2D eigenvalue weighted by Gasteiger charge is -2.29. The molecular weight excluding hydrogens is 482 g/mol. The van der Waals surface area contributed by atoms with Crippen LogP contribution in [0.1, 0.15) is 36.4 Å². The van der Waals surface area contributed by atoms with Gasteiger partial charge in [-0.2, -0.15) is 5.10 Å². The molecule has 1 saturated carbocycles. The number of hydrogen-bond acceptors (Lipinski definition) is 3. The van der Waals surface area contributed by atoms with Gasteiger partial charge in [-0.1, -0.05) is 54.6 Å². The second kappa shape index (κ2) is 10.2. The molecule has 4 aromatic rings. The highest BCUT2D eigenvalue weighted by molar-refractivity contribution is 6.08. The summed E-state index contributed by atoms with van der Waals surface area (Å²) in [6.07, 6.45) is 4.63. The van der Waals surface area contributed by atoms with Gasteiger partial charge in [-0.15, -0.1) is 0 Å². The minimum atomic E-state index is -0.352. The first-order valence-electron chi connectivity index (χ1n) is 12.8. The van der Waals surface area contributed by atoms with Crippen molar-refractivity contribution in [1.82, 2.24) is 5.01 Å². The number of amides is 1. The highest BCUT2D eigenvalue weighted by Crippen LogP contribution is 2.44. The fourth-order valence-electron chi connectivity index (χ4n) is 5.43. The highest BCUT2D eigenvalue weighted by Gasteiger charge is 2.43. The monoisotopic (exact) mass is 508 g/mol. The summed E-state index contributed by atoms with van der Waals surface area (Å²) >= 11 is 0. The highest BCUT2D eigenvalue weighted by atomic mass is 19.1. The van der Waals surface area contributed by atoms with E-state index < -0.39 is 0 Å². The summed E-state index contributed by atoms with van der Waals surface area (Å²) in [7, 11) is 0. The summed E-state index contributed by atoms with van der Waals surface area (Å²) in [4.78, 5) is 13.5. The van der Waals surface area contributed by atoms with Crippen LogP contribution in [0.25, 0.3) is 16.8 Å². The molecule has 190 valence electrons. The normalized spacial score (nSPS) is 19.9. The van der Waals surface area contributed by atoms with Gasteiger partial charge >= 0.3 is 0 Å². The molecule has 2 atom stereocenters. The van der Waals surface area contributed by atoms with E-state index in [9.17, 15) is 13.6 Å². The SMILES string of the molecule is O=C(COc1ccc2ccccc2c1)N1N=C2/C(=C\c3ccc(F)cc3)CCC[C@@H]2[C@@H]1c1ccc(F)cc1. The Morgan fingerprint density at radius 2 is 1.63 bits per heavy atom.